The Balaban J connectivity index is 1.67. The van der Waals surface area contributed by atoms with E-state index in [1.807, 2.05) is 43.4 Å². The van der Waals surface area contributed by atoms with Gasteiger partial charge in [-0.1, -0.05) is 36.4 Å². The lowest BCUT2D eigenvalue weighted by molar-refractivity contribution is 0.222. The molecule has 0 amide bonds. The molecule has 0 radical (unpaired) electrons. The molecule has 1 saturated heterocycles. The lowest BCUT2D eigenvalue weighted by Crippen LogP contribution is -2.47. The molecule has 9 heteroatoms. The monoisotopic (exact) mass is 445 g/mol. The van der Waals surface area contributed by atoms with Gasteiger partial charge in [-0.05, 0) is 24.7 Å². The van der Waals surface area contributed by atoms with Crippen LogP contribution in [0.2, 0.25) is 0 Å². The molecule has 2 aromatic rings. The first-order chi connectivity index (χ1) is 15.0. The normalized spacial score (nSPS) is 16.2. The number of nitrogens with one attached hydrogen (secondary N) is 2. The van der Waals surface area contributed by atoms with Crippen LogP contribution >= 0.6 is 0 Å². The van der Waals surface area contributed by atoms with E-state index in [1.165, 1.54) is 0 Å². The maximum absolute atomic E-state index is 13.2. The molecule has 2 N–H and O–H groups in total. The average Bonchev–Trinajstić information content (AvgIpc) is 2.80. The van der Waals surface area contributed by atoms with Crippen molar-refractivity contribution in [3.05, 3.63) is 59.7 Å². The second kappa shape index (κ2) is 10.6. The summed E-state index contributed by atoms with van der Waals surface area (Å²) in [5.74, 6) is 1.38. The van der Waals surface area contributed by atoms with Gasteiger partial charge in [-0.3, -0.25) is 4.99 Å². The van der Waals surface area contributed by atoms with Gasteiger partial charge in [0.05, 0.1) is 12.0 Å². The van der Waals surface area contributed by atoms with Crippen molar-refractivity contribution >= 4 is 16.0 Å². The molecule has 1 heterocycles. The van der Waals surface area contributed by atoms with Gasteiger partial charge >= 0.3 is 0 Å². The lowest BCUT2D eigenvalue weighted by atomic mass is 10.2. The highest BCUT2D eigenvalue weighted by Crippen LogP contribution is 2.21. The van der Waals surface area contributed by atoms with Crippen LogP contribution in [-0.4, -0.2) is 71.0 Å². The summed E-state index contributed by atoms with van der Waals surface area (Å²) in [5.41, 5.74) is 1.72. The number of para-hydroxylation sites is 1. The fraction of sp³-hybridized carbons (Fsp3) is 0.409. The molecule has 31 heavy (non-hydrogen) atoms. The molecule has 0 spiro atoms. The highest BCUT2D eigenvalue weighted by Gasteiger charge is 2.29. The number of piperazine rings is 1. The summed E-state index contributed by atoms with van der Waals surface area (Å²) in [5, 5.41) is 6.47. The van der Waals surface area contributed by atoms with Crippen LogP contribution in [0.5, 0.6) is 5.75 Å². The Bertz CT molecular complexity index is 1000. The number of likely N-dealkylation sites (N-methyl/N-ethyl adjacent to an activating group) is 1. The largest absolute Gasteiger partial charge is 0.496 e. The number of methoxy groups -OCH3 is 1. The van der Waals surface area contributed by atoms with Crippen LogP contribution in [0.25, 0.3) is 0 Å². The fourth-order valence-corrected chi connectivity index (χ4v) is 5.14. The third kappa shape index (κ3) is 5.75. The van der Waals surface area contributed by atoms with Gasteiger partial charge in [0, 0.05) is 51.9 Å². The van der Waals surface area contributed by atoms with E-state index in [2.05, 4.69) is 20.5 Å². The molecule has 1 aliphatic rings. The zero-order valence-electron chi connectivity index (χ0n) is 18.3. The van der Waals surface area contributed by atoms with Crippen LogP contribution in [0, 0.1) is 0 Å². The summed E-state index contributed by atoms with van der Waals surface area (Å²) < 4.78 is 33.4. The summed E-state index contributed by atoms with van der Waals surface area (Å²) in [6.45, 7) is 3.35. The first-order valence-electron chi connectivity index (χ1n) is 10.3. The van der Waals surface area contributed by atoms with Gasteiger partial charge in [0.2, 0.25) is 10.0 Å². The summed E-state index contributed by atoms with van der Waals surface area (Å²) in [6.07, 6.45) is 0. The third-order valence-electron chi connectivity index (χ3n) is 5.36. The minimum absolute atomic E-state index is 0.340. The molecule has 168 valence electrons. The molecule has 3 rings (SSSR count). The average molecular weight is 446 g/mol. The molecule has 0 aromatic heterocycles. The van der Waals surface area contributed by atoms with E-state index in [0.717, 1.165) is 24.4 Å². The molecule has 0 atom stereocenters. The number of benzene rings is 2. The van der Waals surface area contributed by atoms with Crippen molar-refractivity contribution in [1.82, 2.24) is 19.8 Å². The van der Waals surface area contributed by atoms with E-state index in [9.17, 15) is 8.42 Å². The van der Waals surface area contributed by atoms with Crippen molar-refractivity contribution in [2.45, 2.75) is 18.0 Å². The number of hydrogen-bond acceptors (Lipinski definition) is 5. The highest BCUT2D eigenvalue weighted by atomic mass is 32.2. The minimum atomic E-state index is -3.55. The third-order valence-corrected chi connectivity index (χ3v) is 7.36. The summed E-state index contributed by atoms with van der Waals surface area (Å²) in [6, 6.07) is 14.9. The van der Waals surface area contributed by atoms with Crippen LogP contribution in [0.1, 0.15) is 11.1 Å². The lowest BCUT2D eigenvalue weighted by Gasteiger charge is -2.32. The summed E-state index contributed by atoms with van der Waals surface area (Å²) >= 11 is 0. The molecule has 8 nitrogen and oxygen atoms in total. The molecule has 0 saturated carbocycles. The van der Waals surface area contributed by atoms with Crippen molar-refractivity contribution in [2.75, 3.05) is 47.4 Å². The van der Waals surface area contributed by atoms with Crippen LogP contribution < -0.4 is 15.4 Å². The number of sulfonamides is 1. The fourth-order valence-electron chi connectivity index (χ4n) is 3.50. The predicted octanol–water partition coefficient (Wildman–Crippen LogP) is 1.50. The molecule has 0 bridgehead atoms. The van der Waals surface area contributed by atoms with Gasteiger partial charge in [-0.2, -0.15) is 4.31 Å². The van der Waals surface area contributed by atoms with Crippen LogP contribution in [0.15, 0.2) is 58.4 Å². The smallest absolute Gasteiger partial charge is 0.243 e. The van der Waals surface area contributed by atoms with Crippen LogP contribution in [-0.2, 0) is 23.1 Å². The Kier molecular flexibility index (Phi) is 7.89. The van der Waals surface area contributed by atoms with Crippen molar-refractivity contribution in [2.24, 2.45) is 4.99 Å². The van der Waals surface area contributed by atoms with E-state index >= 15 is 0 Å². The highest BCUT2D eigenvalue weighted by molar-refractivity contribution is 7.89. The maximum atomic E-state index is 13.2. The molecule has 0 unspecified atom stereocenters. The molecule has 1 fully saturated rings. The second-order valence-corrected chi connectivity index (χ2v) is 9.31. The summed E-state index contributed by atoms with van der Waals surface area (Å²) in [4.78, 5) is 6.73. The van der Waals surface area contributed by atoms with Gasteiger partial charge in [-0.25, -0.2) is 8.42 Å². The van der Waals surface area contributed by atoms with Gasteiger partial charge in [0.25, 0.3) is 0 Å². The first kappa shape index (κ1) is 23.1. The second-order valence-electron chi connectivity index (χ2n) is 7.41. The number of nitrogens with zero attached hydrogens (tertiary/aromatic N) is 3. The minimum Gasteiger partial charge on any atom is -0.496 e. The zero-order chi connectivity index (χ0) is 22.3. The Morgan fingerprint density at radius 1 is 0.968 bits per heavy atom. The van der Waals surface area contributed by atoms with E-state index in [0.29, 0.717) is 42.6 Å². The standard InChI is InChI=1S/C22H31N5O3S/c1-23-22(24-16-18-8-4-6-10-20(18)30-3)25-17-19-9-5-7-11-21(19)31(28,29)27-14-12-26(2)13-15-27/h4-11H,12-17H2,1-3H3,(H2,23,24,25). The van der Waals surface area contributed by atoms with Gasteiger partial charge < -0.3 is 20.3 Å². The Morgan fingerprint density at radius 2 is 1.55 bits per heavy atom. The SMILES string of the molecule is CN=C(NCc1ccccc1OC)NCc1ccccc1S(=O)(=O)N1CCN(C)CC1. The van der Waals surface area contributed by atoms with E-state index in [1.54, 1.807) is 30.6 Å². The topological polar surface area (TPSA) is 86.3 Å². The van der Waals surface area contributed by atoms with Crippen molar-refractivity contribution in [3.63, 3.8) is 0 Å². The molecular weight excluding hydrogens is 414 g/mol. The van der Waals surface area contributed by atoms with E-state index in [-0.39, 0.29) is 0 Å². The van der Waals surface area contributed by atoms with Crippen LogP contribution in [0.4, 0.5) is 0 Å². The number of hydrogen-bond donors (Lipinski definition) is 2. The zero-order valence-corrected chi connectivity index (χ0v) is 19.2. The number of rotatable bonds is 7. The molecule has 0 aliphatic carbocycles. The van der Waals surface area contributed by atoms with Crippen molar-refractivity contribution in [3.8, 4) is 5.75 Å². The Labute approximate surface area is 185 Å². The van der Waals surface area contributed by atoms with Gasteiger partial charge in [0.1, 0.15) is 5.75 Å². The molecular formula is C22H31N5O3S. The Morgan fingerprint density at radius 3 is 2.19 bits per heavy atom. The number of guanidine groups is 1. The number of ether oxygens (including phenoxy) is 1. The number of aliphatic imine (C=N–C) groups is 1. The maximum Gasteiger partial charge on any atom is 0.243 e. The Hall–Kier alpha value is -2.62. The van der Waals surface area contributed by atoms with E-state index in [4.69, 9.17) is 4.74 Å². The summed E-state index contributed by atoms with van der Waals surface area (Å²) in [7, 11) is 1.79. The van der Waals surface area contributed by atoms with E-state index < -0.39 is 10.0 Å². The molecule has 2 aromatic carbocycles. The van der Waals surface area contributed by atoms with Crippen molar-refractivity contribution in [1.29, 1.82) is 0 Å². The van der Waals surface area contributed by atoms with Gasteiger partial charge in [-0.15, -0.1) is 0 Å². The molecule has 1 aliphatic heterocycles. The first-order valence-corrected chi connectivity index (χ1v) is 11.7. The quantitative estimate of drug-likeness (QED) is 0.496. The van der Waals surface area contributed by atoms with Crippen molar-refractivity contribution < 1.29 is 13.2 Å². The van der Waals surface area contributed by atoms with Gasteiger partial charge in [0.15, 0.2) is 5.96 Å². The predicted molar refractivity (Wildman–Crippen MR) is 123 cm³/mol. The van der Waals surface area contributed by atoms with Crippen LogP contribution in [0.3, 0.4) is 0 Å².